The summed E-state index contributed by atoms with van der Waals surface area (Å²) in [6, 6.07) is 2.56. The van der Waals surface area contributed by atoms with Crippen molar-refractivity contribution in [3.05, 3.63) is 28.5 Å². The molecule has 1 aromatic carbocycles. The standard InChI is InChI=1S/C9H6ClFO2.ClH/c10-5-1-2-6(11)8-7(12)3-4-13-9(5)8;/h1-2H,3-4H2;1H. The Hall–Kier alpha value is -0.800. The van der Waals surface area contributed by atoms with Crippen LogP contribution in [0.2, 0.25) is 5.02 Å². The summed E-state index contributed by atoms with van der Waals surface area (Å²) in [6.45, 7) is 0.273. The second kappa shape index (κ2) is 4.15. The summed E-state index contributed by atoms with van der Waals surface area (Å²) >= 11 is 5.74. The van der Waals surface area contributed by atoms with E-state index >= 15 is 0 Å². The molecule has 2 rings (SSSR count). The molecular formula is C9H7Cl2FO2. The van der Waals surface area contributed by atoms with Crippen LogP contribution in [0.4, 0.5) is 4.39 Å². The largest absolute Gasteiger partial charge is 0.491 e. The summed E-state index contributed by atoms with van der Waals surface area (Å²) in [5.74, 6) is -0.636. The minimum Gasteiger partial charge on any atom is -0.491 e. The summed E-state index contributed by atoms with van der Waals surface area (Å²) in [7, 11) is 0. The number of rotatable bonds is 0. The molecule has 76 valence electrons. The highest BCUT2D eigenvalue weighted by Gasteiger charge is 2.24. The lowest BCUT2D eigenvalue weighted by molar-refractivity contribution is 0.0928. The molecule has 0 bridgehead atoms. The van der Waals surface area contributed by atoms with Gasteiger partial charge in [-0.2, -0.15) is 0 Å². The van der Waals surface area contributed by atoms with Crippen LogP contribution in [-0.2, 0) is 0 Å². The van der Waals surface area contributed by atoms with Crippen LogP contribution in [0.25, 0.3) is 0 Å². The minimum absolute atomic E-state index is 0. The maximum atomic E-state index is 13.1. The maximum absolute atomic E-state index is 13.1. The first-order valence-corrected chi connectivity index (χ1v) is 4.22. The Kier molecular flexibility index (Phi) is 3.34. The van der Waals surface area contributed by atoms with Crippen LogP contribution in [0, 0.1) is 5.82 Å². The van der Waals surface area contributed by atoms with Crippen LogP contribution in [0.5, 0.6) is 5.75 Å². The third-order valence-corrected chi connectivity index (χ3v) is 2.21. The van der Waals surface area contributed by atoms with Gasteiger partial charge < -0.3 is 4.74 Å². The smallest absolute Gasteiger partial charge is 0.173 e. The number of halogens is 3. The van der Waals surface area contributed by atoms with Crippen LogP contribution < -0.4 is 4.74 Å². The van der Waals surface area contributed by atoms with E-state index in [0.717, 1.165) is 0 Å². The van der Waals surface area contributed by atoms with Gasteiger partial charge in [-0.3, -0.25) is 4.79 Å². The first-order chi connectivity index (χ1) is 6.20. The Balaban J connectivity index is 0.000000980. The number of carbonyl (C=O) groups is 1. The molecule has 1 aliphatic rings. The van der Waals surface area contributed by atoms with E-state index in [9.17, 15) is 9.18 Å². The van der Waals surface area contributed by atoms with Crippen LogP contribution in [-0.4, -0.2) is 12.4 Å². The van der Waals surface area contributed by atoms with Crippen molar-refractivity contribution in [1.29, 1.82) is 0 Å². The lowest BCUT2D eigenvalue weighted by atomic mass is 10.0. The van der Waals surface area contributed by atoms with Crippen molar-refractivity contribution < 1.29 is 13.9 Å². The van der Waals surface area contributed by atoms with E-state index in [1.54, 1.807) is 0 Å². The molecule has 0 aliphatic carbocycles. The molecule has 0 atom stereocenters. The molecule has 0 N–H and O–H groups in total. The molecule has 14 heavy (non-hydrogen) atoms. The number of ketones is 1. The lowest BCUT2D eigenvalue weighted by Gasteiger charge is -2.17. The Morgan fingerprint density at radius 3 is 2.79 bits per heavy atom. The summed E-state index contributed by atoms with van der Waals surface area (Å²) in [6.07, 6.45) is 0.213. The third-order valence-electron chi connectivity index (χ3n) is 1.91. The number of hydrogen-bond donors (Lipinski definition) is 0. The number of Topliss-reactive ketones (excluding diaryl/α,β-unsaturated/α-hetero) is 1. The summed E-state index contributed by atoms with van der Waals surface area (Å²) in [5, 5.41) is 0.282. The number of carbonyl (C=O) groups excluding carboxylic acids is 1. The Morgan fingerprint density at radius 2 is 2.14 bits per heavy atom. The summed E-state index contributed by atoms with van der Waals surface area (Å²) in [4.78, 5) is 11.3. The van der Waals surface area contributed by atoms with Gasteiger partial charge in [-0.15, -0.1) is 12.4 Å². The number of fused-ring (bicyclic) bond motifs is 1. The van der Waals surface area contributed by atoms with Crippen molar-refractivity contribution in [1.82, 2.24) is 0 Å². The molecule has 0 radical (unpaired) electrons. The van der Waals surface area contributed by atoms with Gasteiger partial charge in [0.05, 0.1) is 17.2 Å². The van der Waals surface area contributed by atoms with E-state index < -0.39 is 5.82 Å². The average molecular weight is 237 g/mol. The fourth-order valence-electron chi connectivity index (χ4n) is 1.30. The van der Waals surface area contributed by atoms with Gasteiger partial charge in [0.2, 0.25) is 0 Å². The molecule has 2 nitrogen and oxygen atoms in total. The molecule has 0 aromatic heterocycles. The van der Waals surface area contributed by atoms with E-state index in [4.69, 9.17) is 16.3 Å². The van der Waals surface area contributed by atoms with Crippen LogP contribution in [0.3, 0.4) is 0 Å². The van der Waals surface area contributed by atoms with E-state index in [2.05, 4.69) is 0 Å². The first-order valence-electron chi connectivity index (χ1n) is 3.84. The monoisotopic (exact) mass is 236 g/mol. The molecule has 0 fully saturated rings. The van der Waals surface area contributed by atoms with E-state index in [-0.39, 0.29) is 47.6 Å². The molecule has 5 heteroatoms. The Labute approximate surface area is 91.4 Å². The highest BCUT2D eigenvalue weighted by atomic mass is 35.5. The van der Waals surface area contributed by atoms with Gasteiger partial charge in [0.15, 0.2) is 11.5 Å². The van der Waals surface area contributed by atoms with Gasteiger partial charge in [0, 0.05) is 6.42 Å². The van der Waals surface area contributed by atoms with Gasteiger partial charge in [0.25, 0.3) is 0 Å². The SMILES string of the molecule is Cl.O=C1CCOc2c(Cl)ccc(F)c21. The van der Waals surface area contributed by atoms with Crippen molar-refractivity contribution >= 4 is 29.8 Å². The van der Waals surface area contributed by atoms with Gasteiger partial charge in [-0.25, -0.2) is 4.39 Å². The van der Waals surface area contributed by atoms with Crippen molar-refractivity contribution in [2.45, 2.75) is 6.42 Å². The van der Waals surface area contributed by atoms with Crippen molar-refractivity contribution in [3.63, 3.8) is 0 Å². The Bertz CT molecular complexity index is 379. The van der Waals surface area contributed by atoms with E-state index in [1.807, 2.05) is 0 Å². The zero-order valence-corrected chi connectivity index (χ0v) is 8.62. The number of ether oxygens (including phenoxy) is 1. The zero-order valence-electron chi connectivity index (χ0n) is 7.05. The quantitative estimate of drug-likeness (QED) is 0.693. The van der Waals surface area contributed by atoms with Gasteiger partial charge in [-0.1, -0.05) is 11.6 Å². The van der Waals surface area contributed by atoms with Crippen LogP contribution in [0.15, 0.2) is 12.1 Å². The second-order valence-electron chi connectivity index (χ2n) is 2.75. The molecule has 0 saturated heterocycles. The molecule has 0 amide bonds. The van der Waals surface area contributed by atoms with Crippen molar-refractivity contribution in [2.24, 2.45) is 0 Å². The molecule has 1 aliphatic heterocycles. The Morgan fingerprint density at radius 1 is 1.43 bits per heavy atom. The second-order valence-corrected chi connectivity index (χ2v) is 3.16. The van der Waals surface area contributed by atoms with Crippen molar-refractivity contribution in [2.75, 3.05) is 6.61 Å². The molecular weight excluding hydrogens is 230 g/mol. The zero-order chi connectivity index (χ0) is 9.42. The molecule has 0 spiro atoms. The predicted octanol–water partition coefficient (Wildman–Crippen LogP) is 2.87. The lowest BCUT2D eigenvalue weighted by Crippen LogP contribution is -2.17. The first kappa shape index (κ1) is 11.3. The molecule has 0 unspecified atom stereocenters. The topological polar surface area (TPSA) is 26.3 Å². The van der Waals surface area contributed by atoms with Gasteiger partial charge in [0.1, 0.15) is 5.82 Å². The van der Waals surface area contributed by atoms with Gasteiger partial charge >= 0.3 is 0 Å². The van der Waals surface area contributed by atoms with Gasteiger partial charge in [-0.05, 0) is 12.1 Å². The minimum atomic E-state index is -0.566. The van der Waals surface area contributed by atoms with Crippen molar-refractivity contribution in [3.8, 4) is 5.75 Å². The molecule has 0 saturated carbocycles. The summed E-state index contributed by atoms with van der Waals surface area (Å²) < 4.78 is 18.3. The fraction of sp³-hybridized carbons (Fsp3) is 0.222. The normalized spacial score (nSPS) is 14.0. The average Bonchev–Trinajstić information content (AvgIpc) is 2.12. The van der Waals surface area contributed by atoms with E-state index in [1.165, 1.54) is 12.1 Å². The predicted molar refractivity (Wildman–Crippen MR) is 53.1 cm³/mol. The molecule has 1 aromatic rings. The molecule has 1 heterocycles. The summed E-state index contributed by atoms with van der Waals surface area (Å²) in [5.41, 5.74) is -0.0150. The van der Waals surface area contributed by atoms with Crippen LogP contribution >= 0.6 is 24.0 Å². The third kappa shape index (κ3) is 1.70. The number of hydrogen-bond acceptors (Lipinski definition) is 2. The highest BCUT2D eigenvalue weighted by molar-refractivity contribution is 6.32. The highest BCUT2D eigenvalue weighted by Crippen LogP contribution is 2.34. The fourth-order valence-corrected chi connectivity index (χ4v) is 1.52. The van der Waals surface area contributed by atoms with Crippen LogP contribution in [0.1, 0.15) is 16.8 Å². The van der Waals surface area contributed by atoms with E-state index in [0.29, 0.717) is 0 Å². The number of benzene rings is 1. The maximum Gasteiger partial charge on any atom is 0.173 e.